The first-order chi connectivity index (χ1) is 8.20. The molecule has 6 nitrogen and oxygen atoms in total. The molecule has 0 radical (unpaired) electrons. The van der Waals surface area contributed by atoms with E-state index in [1.165, 1.54) is 4.57 Å². The van der Waals surface area contributed by atoms with Gasteiger partial charge < -0.3 is 10.5 Å². The Bertz CT molecular complexity index is 485. The maximum Gasteiger partial charge on any atom is 0.328 e. The van der Waals surface area contributed by atoms with Crippen LogP contribution in [0.2, 0.25) is 0 Å². The van der Waals surface area contributed by atoms with Crippen molar-refractivity contribution < 1.29 is 4.74 Å². The summed E-state index contributed by atoms with van der Waals surface area (Å²) in [5.74, 6) is 0.331. The van der Waals surface area contributed by atoms with Crippen molar-refractivity contribution in [1.29, 1.82) is 0 Å². The topological polar surface area (TPSA) is 90.1 Å². The molecular weight excluding hydrogens is 222 g/mol. The van der Waals surface area contributed by atoms with E-state index in [1.54, 1.807) is 6.20 Å². The predicted molar refractivity (Wildman–Crippen MR) is 62.8 cm³/mol. The van der Waals surface area contributed by atoms with E-state index in [-0.39, 0.29) is 12.2 Å². The number of hydrogen-bond donors (Lipinski definition) is 2. The smallest absolute Gasteiger partial charge is 0.328 e. The third kappa shape index (κ3) is 2.83. The molecule has 0 saturated carbocycles. The van der Waals surface area contributed by atoms with Crippen LogP contribution in [0.25, 0.3) is 0 Å². The van der Waals surface area contributed by atoms with Gasteiger partial charge >= 0.3 is 5.69 Å². The Morgan fingerprint density at radius 2 is 2.35 bits per heavy atom. The van der Waals surface area contributed by atoms with E-state index in [1.807, 2.05) is 0 Å². The quantitative estimate of drug-likeness (QED) is 0.738. The minimum absolute atomic E-state index is 0.136. The lowest BCUT2D eigenvalue weighted by Crippen LogP contribution is -2.35. The fourth-order valence-electron chi connectivity index (χ4n) is 2.07. The van der Waals surface area contributed by atoms with Gasteiger partial charge in [-0.3, -0.25) is 14.3 Å². The number of rotatable bonds is 3. The number of aromatic nitrogens is 2. The predicted octanol–water partition coefficient (Wildman–Crippen LogP) is -0.578. The molecule has 1 aliphatic heterocycles. The minimum Gasteiger partial charge on any atom is -0.381 e. The molecule has 2 heterocycles. The molecule has 3 N–H and O–H groups in total. The van der Waals surface area contributed by atoms with Gasteiger partial charge in [-0.15, -0.1) is 0 Å². The molecule has 1 fully saturated rings. The molecule has 1 saturated heterocycles. The molecule has 0 spiro atoms. The second-order valence-electron chi connectivity index (χ2n) is 4.35. The van der Waals surface area contributed by atoms with Gasteiger partial charge in [0.1, 0.15) is 0 Å². The molecular formula is C11H17N3O3. The van der Waals surface area contributed by atoms with Crippen molar-refractivity contribution in [2.75, 3.05) is 13.2 Å². The number of nitrogens with two attached hydrogens (primary N) is 1. The van der Waals surface area contributed by atoms with Crippen molar-refractivity contribution in [2.45, 2.75) is 25.9 Å². The summed E-state index contributed by atoms with van der Waals surface area (Å²) < 4.78 is 6.88. The highest BCUT2D eigenvalue weighted by molar-refractivity contribution is 5.03. The van der Waals surface area contributed by atoms with Crippen LogP contribution in [-0.4, -0.2) is 22.8 Å². The fourth-order valence-corrected chi connectivity index (χ4v) is 2.07. The Morgan fingerprint density at radius 3 is 3.00 bits per heavy atom. The van der Waals surface area contributed by atoms with Crippen molar-refractivity contribution in [1.82, 2.24) is 9.55 Å². The van der Waals surface area contributed by atoms with Crippen LogP contribution in [0.4, 0.5) is 0 Å². The highest BCUT2D eigenvalue weighted by Crippen LogP contribution is 2.14. The minimum atomic E-state index is -0.395. The first-order valence-electron chi connectivity index (χ1n) is 5.81. The Hall–Kier alpha value is -1.40. The molecule has 1 aromatic heterocycles. The normalized spacial score (nSPS) is 20.4. The molecule has 1 unspecified atom stereocenters. The molecule has 1 aromatic rings. The van der Waals surface area contributed by atoms with Gasteiger partial charge in [-0.2, -0.15) is 0 Å². The van der Waals surface area contributed by atoms with Crippen molar-refractivity contribution in [3.8, 4) is 0 Å². The Kier molecular flexibility index (Phi) is 3.75. The maximum atomic E-state index is 11.6. The fraction of sp³-hybridized carbons (Fsp3) is 0.636. The molecule has 94 valence electrons. The van der Waals surface area contributed by atoms with Gasteiger partial charge in [0.05, 0.1) is 6.61 Å². The summed E-state index contributed by atoms with van der Waals surface area (Å²) in [5, 5.41) is 0. The molecule has 0 amide bonds. The lowest BCUT2D eigenvalue weighted by Gasteiger charge is -2.22. The van der Waals surface area contributed by atoms with Crippen LogP contribution in [0.3, 0.4) is 0 Å². The van der Waals surface area contributed by atoms with Crippen molar-refractivity contribution in [3.05, 3.63) is 32.6 Å². The van der Waals surface area contributed by atoms with Gasteiger partial charge in [-0.05, 0) is 12.8 Å². The van der Waals surface area contributed by atoms with Gasteiger partial charge in [0.2, 0.25) is 0 Å². The van der Waals surface area contributed by atoms with Crippen molar-refractivity contribution in [2.24, 2.45) is 11.7 Å². The third-order valence-corrected chi connectivity index (χ3v) is 3.01. The highest BCUT2D eigenvalue weighted by atomic mass is 16.5. The summed E-state index contributed by atoms with van der Waals surface area (Å²) in [4.78, 5) is 25.2. The molecule has 0 bridgehead atoms. The van der Waals surface area contributed by atoms with Crippen LogP contribution in [0.15, 0.2) is 15.8 Å². The molecule has 0 aromatic carbocycles. The van der Waals surface area contributed by atoms with Crippen LogP contribution in [0.5, 0.6) is 0 Å². The third-order valence-electron chi connectivity index (χ3n) is 3.01. The first-order valence-corrected chi connectivity index (χ1v) is 5.81. The average molecular weight is 239 g/mol. The van der Waals surface area contributed by atoms with Gasteiger partial charge in [-0.1, -0.05) is 0 Å². The van der Waals surface area contributed by atoms with Crippen LogP contribution >= 0.6 is 0 Å². The molecule has 1 aliphatic rings. The summed E-state index contributed by atoms with van der Waals surface area (Å²) in [5.41, 5.74) is 5.10. The Balaban J connectivity index is 2.19. The number of H-pyrrole nitrogens is 1. The summed E-state index contributed by atoms with van der Waals surface area (Å²) >= 11 is 0. The zero-order valence-electron chi connectivity index (χ0n) is 9.65. The molecule has 6 heteroatoms. The van der Waals surface area contributed by atoms with Gasteiger partial charge in [-0.25, -0.2) is 4.79 Å². The van der Waals surface area contributed by atoms with Gasteiger partial charge in [0, 0.05) is 37.4 Å². The number of nitrogens with one attached hydrogen (secondary N) is 1. The summed E-state index contributed by atoms with van der Waals surface area (Å²) in [7, 11) is 0. The monoisotopic (exact) mass is 239 g/mol. The largest absolute Gasteiger partial charge is 0.381 e. The molecule has 1 atom stereocenters. The summed E-state index contributed by atoms with van der Waals surface area (Å²) in [6.45, 7) is 2.17. The second-order valence-corrected chi connectivity index (χ2v) is 4.35. The zero-order valence-corrected chi connectivity index (χ0v) is 9.65. The van der Waals surface area contributed by atoms with E-state index in [0.29, 0.717) is 24.6 Å². The van der Waals surface area contributed by atoms with E-state index < -0.39 is 5.56 Å². The van der Waals surface area contributed by atoms with Crippen LogP contribution in [0.1, 0.15) is 18.4 Å². The molecule has 17 heavy (non-hydrogen) atoms. The Morgan fingerprint density at radius 1 is 1.53 bits per heavy atom. The van der Waals surface area contributed by atoms with Crippen LogP contribution in [0, 0.1) is 5.92 Å². The molecule has 0 aliphatic carbocycles. The van der Waals surface area contributed by atoms with Crippen LogP contribution in [-0.2, 0) is 17.8 Å². The first kappa shape index (κ1) is 12.1. The van der Waals surface area contributed by atoms with Gasteiger partial charge in [0.25, 0.3) is 5.56 Å². The summed E-state index contributed by atoms with van der Waals surface area (Å²) in [6.07, 6.45) is 3.62. The second kappa shape index (κ2) is 5.29. The highest BCUT2D eigenvalue weighted by Gasteiger charge is 2.15. The van der Waals surface area contributed by atoms with Crippen molar-refractivity contribution in [3.63, 3.8) is 0 Å². The van der Waals surface area contributed by atoms with E-state index in [9.17, 15) is 9.59 Å². The van der Waals surface area contributed by atoms with E-state index >= 15 is 0 Å². The lowest BCUT2D eigenvalue weighted by atomic mass is 10.0. The summed E-state index contributed by atoms with van der Waals surface area (Å²) in [6, 6.07) is 0. The lowest BCUT2D eigenvalue weighted by molar-refractivity contribution is 0.0478. The van der Waals surface area contributed by atoms with Crippen molar-refractivity contribution >= 4 is 0 Å². The van der Waals surface area contributed by atoms with Gasteiger partial charge in [0.15, 0.2) is 0 Å². The van der Waals surface area contributed by atoms with E-state index in [2.05, 4.69) is 4.98 Å². The number of ether oxygens (including phenoxy) is 1. The number of hydrogen-bond acceptors (Lipinski definition) is 4. The zero-order chi connectivity index (χ0) is 12.3. The SMILES string of the molecule is NCc1cn(CC2CCCOC2)c(=O)[nH]c1=O. The maximum absolute atomic E-state index is 11.6. The van der Waals surface area contributed by atoms with E-state index in [4.69, 9.17) is 10.5 Å². The van der Waals surface area contributed by atoms with E-state index in [0.717, 1.165) is 19.4 Å². The number of aromatic amines is 1. The average Bonchev–Trinajstić information content (AvgIpc) is 2.34. The number of nitrogens with zero attached hydrogens (tertiary/aromatic N) is 1. The standard InChI is InChI=1S/C11H17N3O3/c12-4-9-6-14(11(16)13-10(9)15)5-8-2-1-3-17-7-8/h6,8H,1-5,7,12H2,(H,13,15,16). The Labute approximate surface area is 98.4 Å². The van der Waals surface area contributed by atoms with Crippen LogP contribution < -0.4 is 17.0 Å². The molecule has 2 rings (SSSR count).